The first-order valence-corrected chi connectivity index (χ1v) is 15.6. The maximum absolute atomic E-state index is 13.5. The third-order valence-corrected chi connectivity index (χ3v) is 8.02. The predicted molar refractivity (Wildman–Crippen MR) is 187 cm³/mol. The number of nitrogens with one attached hydrogen (secondary N) is 3. The molecule has 4 aromatic carbocycles. The Bertz CT molecular complexity index is 2090. The van der Waals surface area contributed by atoms with E-state index < -0.39 is 17.6 Å². The van der Waals surface area contributed by atoms with E-state index in [9.17, 15) is 9.59 Å². The molecule has 1 atom stereocenters. The molecule has 0 spiro atoms. The summed E-state index contributed by atoms with van der Waals surface area (Å²) in [6.45, 7) is 5.28. The Hall–Kier alpha value is -5.12. The Morgan fingerprint density at radius 1 is 0.851 bits per heavy atom. The van der Waals surface area contributed by atoms with Gasteiger partial charge in [-0.05, 0) is 74.9 Å². The van der Waals surface area contributed by atoms with Crippen molar-refractivity contribution in [3.8, 4) is 11.3 Å². The lowest BCUT2D eigenvalue weighted by atomic mass is 9.98. The molecule has 0 saturated heterocycles. The number of halogens is 2. The van der Waals surface area contributed by atoms with Crippen LogP contribution in [0.2, 0.25) is 10.0 Å². The summed E-state index contributed by atoms with van der Waals surface area (Å²) in [6, 6.07) is 27.9. The number of furan rings is 1. The highest BCUT2D eigenvalue weighted by Crippen LogP contribution is 2.35. The van der Waals surface area contributed by atoms with Crippen molar-refractivity contribution in [1.82, 2.24) is 15.3 Å². The van der Waals surface area contributed by atoms with Crippen molar-refractivity contribution in [2.45, 2.75) is 32.3 Å². The second kappa shape index (κ2) is 13.3. The van der Waals surface area contributed by atoms with Gasteiger partial charge in [-0.25, -0.2) is 14.8 Å². The third kappa shape index (κ3) is 7.48. The smallest absolute Gasteiger partial charge is 0.407 e. The van der Waals surface area contributed by atoms with Gasteiger partial charge in [-0.1, -0.05) is 59.6 Å². The third-order valence-electron chi connectivity index (χ3n) is 7.28. The van der Waals surface area contributed by atoms with Gasteiger partial charge in [-0.2, -0.15) is 0 Å². The molecule has 0 fully saturated rings. The van der Waals surface area contributed by atoms with E-state index in [0.717, 1.165) is 33.2 Å². The van der Waals surface area contributed by atoms with Crippen molar-refractivity contribution >= 4 is 74.3 Å². The number of carbonyl (C=O) groups excluding carboxylic acids is 2. The van der Waals surface area contributed by atoms with Crippen molar-refractivity contribution in [1.29, 1.82) is 0 Å². The van der Waals surface area contributed by atoms with Gasteiger partial charge in [0.05, 0.1) is 21.7 Å². The molecule has 0 aliphatic rings. The highest BCUT2D eigenvalue weighted by molar-refractivity contribution is 6.42. The number of benzene rings is 4. The average molecular weight is 669 g/mol. The Kier molecular flexibility index (Phi) is 9.02. The SMILES string of the molecule is CC(C)(C)OC(=O)NCC(C(=O)Nc1ccc(Nc2cc(-c3cccc4c3oc3ccccc34)ncn2)cc1)c1ccc(Cl)c(Cl)c1. The van der Waals surface area contributed by atoms with Crippen molar-refractivity contribution in [2.24, 2.45) is 0 Å². The lowest BCUT2D eigenvalue weighted by Gasteiger charge is -2.22. The number of alkyl carbamates (subject to hydrolysis) is 1. The number of fused-ring (bicyclic) bond motifs is 3. The van der Waals surface area contributed by atoms with Crippen LogP contribution in [0.1, 0.15) is 32.3 Å². The second-order valence-corrected chi connectivity index (χ2v) is 12.7. The van der Waals surface area contributed by atoms with Crippen LogP contribution in [-0.2, 0) is 9.53 Å². The summed E-state index contributed by atoms with van der Waals surface area (Å²) in [7, 11) is 0. The van der Waals surface area contributed by atoms with Gasteiger partial charge in [0, 0.05) is 40.3 Å². The summed E-state index contributed by atoms with van der Waals surface area (Å²) < 4.78 is 11.5. The number of amides is 2. The van der Waals surface area contributed by atoms with Gasteiger partial charge in [0.2, 0.25) is 5.91 Å². The highest BCUT2D eigenvalue weighted by atomic mass is 35.5. The molecule has 0 aliphatic heterocycles. The maximum Gasteiger partial charge on any atom is 0.407 e. The van der Waals surface area contributed by atoms with Crippen LogP contribution >= 0.6 is 23.2 Å². The van der Waals surface area contributed by atoms with Crippen LogP contribution in [0.5, 0.6) is 0 Å². The fourth-order valence-corrected chi connectivity index (χ4v) is 5.43. The zero-order chi connectivity index (χ0) is 33.1. The molecule has 3 N–H and O–H groups in total. The monoisotopic (exact) mass is 667 g/mol. The van der Waals surface area contributed by atoms with E-state index in [-0.39, 0.29) is 12.5 Å². The number of aromatic nitrogens is 2. The number of hydrogen-bond acceptors (Lipinski definition) is 7. The molecule has 2 aromatic heterocycles. The summed E-state index contributed by atoms with van der Waals surface area (Å²) in [5.74, 6) is -0.529. The number of carbonyl (C=O) groups is 2. The number of anilines is 3. The standard InChI is InChI=1S/C36H31Cl2N5O4/c1-36(2,3)47-35(45)39-19-27(21-11-16-28(37)29(38)17-21)34(44)43-23-14-12-22(13-15-23)42-32-18-30(40-20-41-32)26-9-6-8-25-24-7-4-5-10-31(24)46-33(25)26/h4-18,20,27H,19H2,1-3H3,(H,39,45)(H,43,44)(H,40,41,42). The molecule has 0 radical (unpaired) electrons. The molecule has 6 aromatic rings. The fraction of sp³-hybridized carbons (Fsp3) is 0.167. The molecule has 2 amide bonds. The van der Waals surface area contributed by atoms with Crippen molar-refractivity contribution < 1.29 is 18.7 Å². The van der Waals surface area contributed by atoms with Crippen LogP contribution in [0.15, 0.2) is 102 Å². The van der Waals surface area contributed by atoms with E-state index in [1.807, 2.05) is 60.7 Å². The molecule has 11 heteroatoms. The molecule has 2 heterocycles. The van der Waals surface area contributed by atoms with Crippen LogP contribution in [0.25, 0.3) is 33.2 Å². The number of hydrogen-bond donors (Lipinski definition) is 3. The molecule has 9 nitrogen and oxygen atoms in total. The van der Waals surface area contributed by atoms with Gasteiger partial charge < -0.3 is 25.1 Å². The lowest BCUT2D eigenvalue weighted by molar-refractivity contribution is -0.117. The van der Waals surface area contributed by atoms with Crippen LogP contribution in [-0.4, -0.2) is 34.1 Å². The minimum atomic E-state index is -0.772. The van der Waals surface area contributed by atoms with E-state index in [0.29, 0.717) is 32.8 Å². The molecule has 0 saturated carbocycles. The van der Waals surface area contributed by atoms with E-state index >= 15 is 0 Å². The second-order valence-electron chi connectivity index (χ2n) is 11.9. The Morgan fingerprint density at radius 2 is 1.60 bits per heavy atom. The minimum Gasteiger partial charge on any atom is -0.455 e. The van der Waals surface area contributed by atoms with E-state index in [1.165, 1.54) is 6.33 Å². The topological polar surface area (TPSA) is 118 Å². The van der Waals surface area contributed by atoms with Gasteiger partial charge >= 0.3 is 6.09 Å². The largest absolute Gasteiger partial charge is 0.455 e. The van der Waals surface area contributed by atoms with Crippen molar-refractivity contribution in [3.05, 3.63) is 113 Å². The fourth-order valence-electron chi connectivity index (χ4n) is 5.13. The molecule has 0 aliphatic carbocycles. The average Bonchev–Trinajstić information content (AvgIpc) is 3.42. The molecular formula is C36H31Cl2N5O4. The summed E-state index contributed by atoms with van der Waals surface area (Å²) in [5.41, 5.74) is 4.37. The van der Waals surface area contributed by atoms with Crippen LogP contribution in [0, 0.1) is 0 Å². The highest BCUT2D eigenvalue weighted by Gasteiger charge is 2.24. The normalized spacial score (nSPS) is 12.1. The number of nitrogens with zero attached hydrogens (tertiary/aromatic N) is 2. The number of ether oxygens (including phenoxy) is 1. The first-order chi connectivity index (χ1) is 22.5. The zero-order valence-corrected chi connectivity index (χ0v) is 27.3. The molecule has 6 rings (SSSR count). The summed E-state index contributed by atoms with van der Waals surface area (Å²) in [6.07, 6.45) is 0.871. The van der Waals surface area contributed by atoms with Gasteiger partial charge in [-0.3, -0.25) is 4.79 Å². The quantitative estimate of drug-likeness (QED) is 0.148. The van der Waals surface area contributed by atoms with E-state index in [2.05, 4.69) is 25.9 Å². The summed E-state index contributed by atoms with van der Waals surface area (Å²) in [5, 5.41) is 11.6. The zero-order valence-electron chi connectivity index (χ0n) is 25.8. The van der Waals surface area contributed by atoms with Crippen LogP contribution < -0.4 is 16.0 Å². The molecular weight excluding hydrogens is 637 g/mol. The predicted octanol–water partition coefficient (Wildman–Crippen LogP) is 9.34. The lowest BCUT2D eigenvalue weighted by Crippen LogP contribution is -2.37. The minimum absolute atomic E-state index is 0.0177. The Balaban J connectivity index is 1.16. The summed E-state index contributed by atoms with van der Waals surface area (Å²) >= 11 is 12.4. The molecule has 238 valence electrons. The number of para-hydroxylation sites is 2. The Morgan fingerprint density at radius 3 is 2.36 bits per heavy atom. The van der Waals surface area contributed by atoms with Gasteiger partial charge in [0.1, 0.15) is 28.9 Å². The van der Waals surface area contributed by atoms with Gasteiger partial charge in [-0.15, -0.1) is 0 Å². The van der Waals surface area contributed by atoms with Crippen molar-refractivity contribution in [3.63, 3.8) is 0 Å². The summed E-state index contributed by atoms with van der Waals surface area (Å²) in [4.78, 5) is 34.7. The molecule has 1 unspecified atom stereocenters. The van der Waals surface area contributed by atoms with Crippen LogP contribution in [0.4, 0.5) is 22.0 Å². The first-order valence-electron chi connectivity index (χ1n) is 14.9. The van der Waals surface area contributed by atoms with Crippen LogP contribution in [0.3, 0.4) is 0 Å². The first kappa shape index (κ1) is 31.8. The van der Waals surface area contributed by atoms with E-state index in [1.54, 1.807) is 51.1 Å². The van der Waals surface area contributed by atoms with Gasteiger partial charge in [0.25, 0.3) is 0 Å². The van der Waals surface area contributed by atoms with E-state index in [4.69, 9.17) is 32.4 Å². The molecule has 47 heavy (non-hydrogen) atoms. The van der Waals surface area contributed by atoms with Crippen molar-refractivity contribution in [2.75, 3.05) is 17.2 Å². The van der Waals surface area contributed by atoms with Gasteiger partial charge in [0.15, 0.2) is 0 Å². The molecule has 0 bridgehead atoms. The Labute approximate surface area is 281 Å². The maximum atomic E-state index is 13.5. The number of rotatable bonds is 8.